The first-order valence-electron chi connectivity index (χ1n) is 6.84. The summed E-state index contributed by atoms with van der Waals surface area (Å²) in [6, 6.07) is 0. The van der Waals surface area contributed by atoms with Crippen molar-refractivity contribution in [3.8, 4) is 17.2 Å². The number of phenols is 3. The summed E-state index contributed by atoms with van der Waals surface area (Å²) < 4.78 is 0. The van der Waals surface area contributed by atoms with Gasteiger partial charge in [-0.15, -0.1) is 0 Å². The monoisotopic (exact) mass is 297 g/mol. The van der Waals surface area contributed by atoms with Crippen molar-refractivity contribution >= 4 is 11.5 Å². The first kappa shape index (κ1) is 16.7. The van der Waals surface area contributed by atoms with Crippen LogP contribution in [0.15, 0.2) is 0 Å². The Hall–Kier alpha value is -2.31. The molecule has 0 saturated carbocycles. The van der Waals surface area contributed by atoms with Gasteiger partial charge in [0.05, 0.1) is 4.92 Å². The van der Waals surface area contributed by atoms with E-state index in [0.717, 1.165) is 6.42 Å². The molecule has 0 amide bonds. The zero-order chi connectivity index (χ0) is 16.2. The number of unbranched alkanes of at least 4 members (excludes halogenated alkanes) is 1. The van der Waals surface area contributed by atoms with E-state index in [2.05, 4.69) is 0 Å². The highest BCUT2D eigenvalue weighted by molar-refractivity contribution is 6.03. The van der Waals surface area contributed by atoms with Crippen molar-refractivity contribution in [1.82, 2.24) is 0 Å². The van der Waals surface area contributed by atoms with E-state index in [1.807, 2.05) is 6.92 Å². The average molecular weight is 297 g/mol. The Labute approximate surface area is 122 Å². The van der Waals surface area contributed by atoms with Crippen LogP contribution in [-0.4, -0.2) is 26.0 Å². The molecule has 0 unspecified atom stereocenters. The molecule has 0 atom stereocenters. The molecule has 0 bridgehead atoms. The first-order valence-corrected chi connectivity index (χ1v) is 6.84. The molecule has 0 heterocycles. The summed E-state index contributed by atoms with van der Waals surface area (Å²) in [6.07, 6.45) is 1.99. The molecule has 116 valence electrons. The van der Waals surface area contributed by atoms with Crippen LogP contribution in [0.1, 0.15) is 55.5 Å². The van der Waals surface area contributed by atoms with Gasteiger partial charge in [0.1, 0.15) is 11.3 Å². The number of nitro groups is 1. The minimum atomic E-state index is -0.976. The van der Waals surface area contributed by atoms with E-state index in [-0.39, 0.29) is 18.4 Å². The molecular formula is C14H19NO6. The van der Waals surface area contributed by atoms with Crippen molar-refractivity contribution < 1.29 is 25.0 Å². The molecule has 1 aromatic carbocycles. The number of aromatic hydroxyl groups is 3. The van der Waals surface area contributed by atoms with E-state index in [4.69, 9.17) is 0 Å². The van der Waals surface area contributed by atoms with E-state index in [0.29, 0.717) is 12.8 Å². The number of carbonyl (C=O) groups is 1. The fraction of sp³-hybridized carbons (Fsp3) is 0.500. The molecule has 0 aromatic heterocycles. The van der Waals surface area contributed by atoms with Crippen LogP contribution in [0.25, 0.3) is 0 Å². The first-order chi connectivity index (χ1) is 9.86. The quantitative estimate of drug-likeness (QED) is 0.404. The van der Waals surface area contributed by atoms with Gasteiger partial charge >= 0.3 is 5.69 Å². The number of rotatable bonds is 7. The molecule has 7 heteroatoms. The Kier molecular flexibility index (Phi) is 5.52. The third-order valence-corrected chi connectivity index (χ3v) is 3.21. The lowest BCUT2D eigenvalue weighted by Gasteiger charge is -2.13. The van der Waals surface area contributed by atoms with Crippen LogP contribution in [0.3, 0.4) is 0 Å². The van der Waals surface area contributed by atoms with Crippen LogP contribution >= 0.6 is 0 Å². The van der Waals surface area contributed by atoms with Crippen molar-refractivity contribution in [3.05, 3.63) is 21.2 Å². The third kappa shape index (κ3) is 3.24. The maximum absolute atomic E-state index is 12.1. The molecule has 0 aliphatic rings. The van der Waals surface area contributed by atoms with E-state index in [9.17, 15) is 30.2 Å². The van der Waals surface area contributed by atoms with Crippen molar-refractivity contribution in [3.63, 3.8) is 0 Å². The standard InChI is InChI=1S/C14H19NO6/c1-3-5-7-9(16)10-12(17)8(6-4-2)13(18)11(14(10)19)15(20)21/h17-19H,3-7H2,1-2H3. The number of Topliss-reactive ketones (excluding diaryl/α,β-unsaturated/α-hetero) is 1. The summed E-state index contributed by atoms with van der Waals surface area (Å²) in [7, 11) is 0. The summed E-state index contributed by atoms with van der Waals surface area (Å²) in [5.41, 5.74) is -1.49. The Morgan fingerprint density at radius 2 is 1.71 bits per heavy atom. The van der Waals surface area contributed by atoms with Crippen molar-refractivity contribution in [2.45, 2.75) is 46.0 Å². The number of nitrogens with zero attached hydrogens (tertiary/aromatic N) is 1. The number of ketones is 1. The minimum absolute atomic E-state index is 0.0606. The van der Waals surface area contributed by atoms with Crippen molar-refractivity contribution in [1.29, 1.82) is 0 Å². The summed E-state index contributed by atoms with van der Waals surface area (Å²) in [5, 5.41) is 40.8. The molecule has 0 radical (unpaired) electrons. The third-order valence-electron chi connectivity index (χ3n) is 3.21. The molecule has 3 N–H and O–H groups in total. The zero-order valence-corrected chi connectivity index (χ0v) is 12.0. The van der Waals surface area contributed by atoms with Crippen molar-refractivity contribution in [2.75, 3.05) is 0 Å². The van der Waals surface area contributed by atoms with Gasteiger partial charge in [-0.1, -0.05) is 26.7 Å². The van der Waals surface area contributed by atoms with Gasteiger partial charge in [-0.05, 0) is 12.8 Å². The van der Waals surface area contributed by atoms with Gasteiger partial charge < -0.3 is 15.3 Å². The van der Waals surface area contributed by atoms with Gasteiger partial charge in [0.25, 0.3) is 0 Å². The smallest absolute Gasteiger partial charge is 0.353 e. The summed E-state index contributed by atoms with van der Waals surface area (Å²) >= 11 is 0. The Bertz CT molecular complexity index is 567. The van der Waals surface area contributed by atoms with E-state index >= 15 is 0 Å². The van der Waals surface area contributed by atoms with Gasteiger partial charge in [-0.3, -0.25) is 14.9 Å². The van der Waals surface area contributed by atoms with Crippen LogP contribution in [0, 0.1) is 10.1 Å². The topological polar surface area (TPSA) is 121 Å². The molecule has 7 nitrogen and oxygen atoms in total. The predicted molar refractivity (Wildman–Crippen MR) is 75.9 cm³/mol. The lowest BCUT2D eigenvalue weighted by Crippen LogP contribution is -2.05. The van der Waals surface area contributed by atoms with Crippen LogP contribution in [0.5, 0.6) is 17.2 Å². The molecule has 1 aromatic rings. The van der Waals surface area contributed by atoms with E-state index in [1.165, 1.54) is 0 Å². The molecule has 21 heavy (non-hydrogen) atoms. The maximum Gasteiger partial charge on any atom is 0.353 e. The highest BCUT2D eigenvalue weighted by Gasteiger charge is 2.33. The molecule has 0 spiro atoms. The minimum Gasteiger partial charge on any atom is -0.507 e. The van der Waals surface area contributed by atoms with Crippen LogP contribution in [0.2, 0.25) is 0 Å². The highest BCUT2D eigenvalue weighted by Crippen LogP contribution is 2.47. The molecule has 1 rings (SSSR count). The second kappa shape index (κ2) is 6.92. The van der Waals surface area contributed by atoms with Gasteiger partial charge in [-0.25, -0.2) is 0 Å². The fourth-order valence-electron chi connectivity index (χ4n) is 2.13. The van der Waals surface area contributed by atoms with Crippen LogP contribution in [-0.2, 0) is 6.42 Å². The second-order valence-corrected chi connectivity index (χ2v) is 4.78. The number of phenolic OH excluding ortho intramolecular Hbond substituents is 3. The van der Waals surface area contributed by atoms with E-state index < -0.39 is 39.2 Å². The number of hydrogen-bond donors (Lipinski definition) is 3. The predicted octanol–water partition coefficient (Wildman–Crippen LogP) is 3.04. The van der Waals surface area contributed by atoms with Crippen LogP contribution in [0.4, 0.5) is 5.69 Å². The largest absolute Gasteiger partial charge is 0.507 e. The lowest BCUT2D eigenvalue weighted by molar-refractivity contribution is -0.387. The van der Waals surface area contributed by atoms with Gasteiger partial charge in [0.15, 0.2) is 5.78 Å². The zero-order valence-electron chi connectivity index (χ0n) is 12.0. The normalized spacial score (nSPS) is 10.6. The van der Waals surface area contributed by atoms with Gasteiger partial charge in [-0.2, -0.15) is 0 Å². The number of carbonyl (C=O) groups excluding carboxylic acids is 1. The number of hydrogen-bond acceptors (Lipinski definition) is 6. The average Bonchev–Trinajstić information content (AvgIpc) is 2.40. The Morgan fingerprint density at radius 1 is 1.10 bits per heavy atom. The molecule has 0 aliphatic heterocycles. The van der Waals surface area contributed by atoms with Crippen LogP contribution < -0.4 is 0 Å². The highest BCUT2D eigenvalue weighted by atomic mass is 16.6. The summed E-state index contributed by atoms with van der Waals surface area (Å²) in [6.45, 7) is 3.63. The van der Waals surface area contributed by atoms with Gasteiger partial charge in [0, 0.05) is 12.0 Å². The molecule has 0 saturated heterocycles. The summed E-state index contributed by atoms with van der Waals surface area (Å²) in [5.74, 6) is -2.91. The summed E-state index contributed by atoms with van der Waals surface area (Å²) in [4.78, 5) is 22.1. The molecule has 0 fully saturated rings. The SMILES string of the molecule is CCCCC(=O)c1c(O)c(CCC)c(O)c([N+](=O)[O-])c1O. The number of benzene rings is 1. The van der Waals surface area contributed by atoms with Gasteiger partial charge in [0.2, 0.25) is 11.5 Å². The molecule has 0 aliphatic carbocycles. The maximum atomic E-state index is 12.1. The van der Waals surface area contributed by atoms with Crippen molar-refractivity contribution in [2.24, 2.45) is 0 Å². The van der Waals surface area contributed by atoms with E-state index in [1.54, 1.807) is 6.92 Å². The Morgan fingerprint density at radius 3 is 2.19 bits per heavy atom. The fourth-order valence-corrected chi connectivity index (χ4v) is 2.13. The molecular weight excluding hydrogens is 278 g/mol. The Balaban J connectivity index is 3.55. The lowest BCUT2D eigenvalue weighted by atomic mass is 9.96. The second-order valence-electron chi connectivity index (χ2n) is 4.78. The number of nitro benzene ring substituents is 1.